The Morgan fingerprint density at radius 1 is 0.537 bits per heavy atom. The predicted octanol–water partition coefficient (Wildman–Crippen LogP) is 5.66. The number of aromatic hydroxyl groups is 3. The Balaban J connectivity index is 0.000000149. The second-order valence-corrected chi connectivity index (χ2v) is 15.0. The van der Waals surface area contributed by atoms with Gasteiger partial charge in [0.2, 0.25) is 0 Å². The normalized spacial score (nSPS) is 11.0. The maximum absolute atomic E-state index is 12.0. The minimum absolute atomic E-state index is 0.374. The van der Waals surface area contributed by atoms with Crippen molar-refractivity contribution >= 4 is 50.6 Å². The highest BCUT2D eigenvalue weighted by Gasteiger charge is 2.25. The lowest BCUT2D eigenvalue weighted by atomic mass is 10.00. The minimum atomic E-state index is -1.45. The van der Waals surface area contributed by atoms with E-state index < -0.39 is 68.5 Å². The fourth-order valence-corrected chi connectivity index (χ4v) is 7.75. The lowest BCUT2D eigenvalue weighted by Crippen LogP contribution is -2.20. The summed E-state index contributed by atoms with van der Waals surface area (Å²) in [6.45, 7) is 5.33. The van der Waals surface area contributed by atoms with Crippen LogP contribution >= 0.6 is 0 Å². The zero-order chi connectivity index (χ0) is 48.4. The Labute approximate surface area is 375 Å². The third-order valence-corrected chi connectivity index (χ3v) is 10.9. The summed E-state index contributed by atoms with van der Waals surface area (Å²) in [5, 5.41) is 78.1. The predicted molar refractivity (Wildman–Crippen MR) is 245 cm³/mol. The van der Waals surface area contributed by atoms with Gasteiger partial charge in [0, 0.05) is 51.7 Å². The molecule has 3 aromatic carbocycles. The Hall–Kier alpha value is -9.27. The quantitative estimate of drug-likeness (QED) is 0.0832. The monoisotopic (exact) mass is 911 g/mol. The third kappa shape index (κ3) is 8.70. The standard InChI is InChI=1S/C16H15N3O4.2C15H13N3O4/c1-3-10-13(17-15(21)12(14(10)20)16(22)23)8-4-5-11-9(6-8)7-19(2)18-11;1-2-9-12(17-14(20)11(13(9)19)15(21)22)7-3-4-10-8(5-7)6-16-18-10;1-2-9-12(17-14(20)11(13(9)19)15(21)22)7-3-4-8-6-16-18-10(8)5-7/h4-7H,3H2,1-2H3,(H,22,23)(H2,17,20,21);2*3-6H,2H2,1H3,(H,16,18)(H,21,22)(H2,17,19,20). The molecule has 0 saturated carbocycles. The van der Waals surface area contributed by atoms with E-state index in [0.717, 1.165) is 32.7 Å². The molecule has 0 aliphatic heterocycles. The SMILES string of the molecule is CCc1c(-c2ccc3[nH]ncc3c2)[nH]c(=O)c(C(=O)O)c1O.CCc1c(-c2ccc3cn[nH]c3c2)[nH]c(=O)c(C(=O)O)c1O.CCc1c(-c2ccc3nn(C)cc3c2)[nH]c(=O)c(C(=O)O)c1O. The van der Waals surface area contributed by atoms with Crippen LogP contribution in [0, 0.1) is 0 Å². The molecule has 11 N–H and O–H groups in total. The van der Waals surface area contributed by atoms with Gasteiger partial charge in [-0.05, 0) is 60.7 Å². The summed E-state index contributed by atoms with van der Waals surface area (Å²) in [6, 6.07) is 16.2. The average Bonchev–Trinajstić information content (AvgIpc) is 4.04. The Kier molecular flexibility index (Phi) is 12.6. The van der Waals surface area contributed by atoms with Crippen LogP contribution in [0.2, 0.25) is 0 Å². The van der Waals surface area contributed by atoms with Crippen LogP contribution in [-0.2, 0) is 26.3 Å². The van der Waals surface area contributed by atoms with Gasteiger partial charge < -0.3 is 45.6 Å². The van der Waals surface area contributed by atoms with Crippen molar-refractivity contribution in [3.8, 4) is 51.0 Å². The van der Waals surface area contributed by atoms with Gasteiger partial charge in [-0.3, -0.25) is 29.3 Å². The number of rotatable bonds is 9. The number of carboxylic acids is 3. The number of pyridine rings is 3. The molecule has 342 valence electrons. The van der Waals surface area contributed by atoms with Gasteiger partial charge in [-0.15, -0.1) is 0 Å². The molecule has 67 heavy (non-hydrogen) atoms. The van der Waals surface area contributed by atoms with E-state index in [-0.39, 0.29) is 0 Å². The molecule has 0 atom stereocenters. The van der Waals surface area contributed by atoms with Crippen molar-refractivity contribution < 1.29 is 45.0 Å². The van der Waals surface area contributed by atoms with Crippen LogP contribution in [0.15, 0.2) is 87.6 Å². The van der Waals surface area contributed by atoms with E-state index in [4.69, 9.17) is 15.3 Å². The van der Waals surface area contributed by atoms with Gasteiger partial charge in [-0.1, -0.05) is 45.0 Å². The highest BCUT2D eigenvalue weighted by atomic mass is 16.4. The molecule has 0 aliphatic rings. The summed E-state index contributed by atoms with van der Waals surface area (Å²) in [4.78, 5) is 76.9. The van der Waals surface area contributed by atoms with Crippen molar-refractivity contribution in [1.29, 1.82) is 0 Å². The molecular weight excluding hydrogens is 871 g/mol. The molecule has 0 bridgehead atoms. The van der Waals surface area contributed by atoms with E-state index in [9.17, 15) is 44.1 Å². The zero-order valence-electron chi connectivity index (χ0n) is 36.0. The first kappa shape index (κ1) is 45.7. The minimum Gasteiger partial charge on any atom is -0.506 e. The van der Waals surface area contributed by atoms with E-state index in [1.807, 2.05) is 37.5 Å². The van der Waals surface area contributed by atoms with E-state index >= 15 is 0 Å². The Morgan fingerprint density at radius 2 is 0.940 bits per heavy atom. The number of carbonyl (C=O) groups is 3. The van der Waals surface area contributed by atoms with Crippen LogP contribution in [0.5, 0.6) is 17.2 Å². The van der Waals surface area contributed by atoms with Crippen molar-refractivity contribution in [3.05, 3.63) is 138 Å². The molecule has 9 aromatic rings. The number of carboxylic acid groups (broad SMARTS) is 3. The number of fused-ring (bicyclic) bond motifs is 3. The van der Waals surface area contributed by atoms with Crippen LogP contribution < -0.4 is 16.7 Å². The molecule has 21 nitrogen and oxygen atoms in total. The number of aromatic amines is 5. The number of aryl methyl sites for hydroxylation is 1. The second-order valence-electron chi connectivity index (χ2n) is 15.0. The number of nitrogens with zero attached hydrogens (tertiary/aromatic N) is 4. The van der Waals surface area contributed by atoms with Crippen molar-refractivity contribution in [3.63, 3.8) is 0 Å². The molecule has 0 fully saturated rings. The van der Waals surface area contributed by atoms with E-state index in [0.29, 0.717) is 69.7 Å². The highest BCUT2D eigenvalue weighted by molar-refractivity contribution is 5.94. The maximum Gasteiger partial charge on any atom is 0.345 e. The second kappa shape index (κ2) is 18.4. The van der Waals surface area contributed by atoms with E-state index in [1.54, 1.807) is 68.2 Å². The summed E-state index contributed by atoms with van der Waals surface area (Å²) in [5.41, 5.74) is 2.48. The summed E-state index contributed by atoms with van der Waals surface area (Å²) in [7, 11) is 1.81. The fourth-order valence-electron chi connectivity index (χ4n) is 7.75. The fraction of sp³-hybridized carbons (Fsp3) is 0.152. The largest absolute Gasteiger partial charge is 0.506 e. The number of hydrogen-bond donors (Lipinski definition) is 11. The molecule has 6 heterocycles. The molecule has 6 aromatic heterocycles. The highest BCUT2D eigenvalue weighted by Crippen LogP contribution is 2.34. The van der Waals surface area contributed by atoms with Gasteiger partial charge in [0.25, 0.3) is 16.7 Å². The summed E-state index contributed by atoms with van der Waals surface area (Å²) in [6.07, 6.45) is 6.29. The maximum atomic E-state index is 12.0. The number of aromatic carboxylic acids is 3. The first-order valence-corrected chi connectivity index (χ1v) is 20.4. The number of aromatic nitrogens is 9. The third-order valence-electron chi connectivity index (χ3n) is 10.9. The Morgan fingerprint density at radius 3 is 1.40 bits per heavy atom. The van der Waals surface area contributed by atoms with Crippen LogP contribution in [0.1, 0.15) is 68.5 Å². The van der Waals surface area contributed by atoms with Crippen LogP contribution in [-0.4, -0.2) is 93.7 Å². The lowest BCUT2D eigenvalue weighted by molar-refractivity contribution is 0.0680. The van der Waals surface area contributed by atoms with Gasteiger partial charge in [0.15, 0.2) is 16.7 Å². The Bertz CT molecular complexity index is 3460. The molecule has 0 spiro atoms. The first-order chi connectivity index (χ1) is 32.0. The van der Waals surface area contributed by atoms with Crippen LogP contribution in [0.4, 0.5) is 0 Å². The van der Waals surface area contributed by atoms with Crippen LogP contribution in [0.25, 0.3) is 66.5 Å². The topological polar surface area (TPSA) is 346 Å². The molecule has 0 aliphatic carbocycles. The number of benzene rings is 3. The first-order valence-electron chi connectivity index (χ1n) is 20.4. The van der Waals surface area contributed by atoms with Crippen molar-refractivity contribution in [1.82, 2.24) is 45.1 Å². The van der Waals surface area contributed by atoms with Gasteiger partial charge in [0.05, 0.1) is 46.0 Å². The summed E-state index contributed by atoms with van der Waals surface area (Å²) < 4.78 is 1.68. The van der Waals surface area contributed by atoms with E-state index in [1.165, 1.54) is 0 Å². The molecule has 0 saturated heterocycles. The average molecular weight is 912 g/mol. The van der Waals surface area contributed by atoms with Gasteiger partial charge in [0.1, 0.15) is 17.2 Å². The van der Waals surface area contributed by atoms with Gasteiger partial charge >= 0.3 is 17.9 Å². The lowest BCUT2D eigenvalue weighted by Gasteiger charge is -2.12. The molecule has 0 amide bonds. The molecular formula is C46H41N9O12. The smallest absolute Gasteiger partial charge is 0.345 e. The molecule has 0 unspecified atom stereocenters. The summed E-state index contributed by atoms with van der Waals surface area (Å²) in [5.74, 6) is -5.81. The molecule has 0 radical (unpaired) electrons. The zero-order valence-corrected chi connectivity index (χ0v) is 36.0. The van der Waals surface area contributed by atoms with E-state index in [2.05, 4.69) is 40.4 Å². The summed E-state index contributed by atoms with van der Waals surface area (Å²) >= 11 is 0. The van der Waals surface area contributed by atoms with Gasteiger partial charge in [-0.2, -0.15) is 15.3 Å². The number of hydrogen-bond acceptors (Lipinski definition) is 12. The molecule has 9 rings (SSSR count). The number of nitrogens with one attached hydrogen (secondary N) is 5. The van der Waals surface area contributed by atoms with Gasteiger partial charge in [-0.25, -0.2) is 14.4 Å². The van der Waals surface area contributed by atoms with Crippen molar-refractivity contribution in [2.24, 2.45) is 7.05 Å². The molecule has 21 heteroatoms. The number of H-pyrrole nitrogens is 5. The van der Waals surface area contributed by atoms with Crippen LogP contribution in [0.3, 0.4) is 0 Å². The van der Waals surface area contributed by atoms with Crippen molar-refractivity contribution in [2.45, 2.75) is 40.0 Å². The van der Waals surface area contributed by atoms with Crippen molar-refractivity contribution in [2.75, 3.05) is 0 Å².